The van der Waals surface area contributed by atoms with Crippen LogP contribution in [0.15, 0.2) is 24.3 Å². The van der Waals surface area contributed by atoms with Crippen molar-refractivity contribution in [2.75, 3.05) is 65.8 Å². The molecule has 0 bridgehead atoms. The largest absolute Gasteiger partial charge is 0.465 e. The number of amides is 1. The van der Waals surface area contributed by atoms with E-state index in [2.05, 4.69) is 43.1 Å². The highest BCUT2D eigenvalue weighted by Gasteiger charge is 2.72. The first-order valence-electron chi connectivity index (χ1n) is 29.5. The molecule has 0 aromatic carbocycles. The zero-order valence-electron chi connectivity index (χ0n) is 47.1. The summed E-state index contributed by atoms with van der Waals surface area (Å²) in [7, 11) is 0. The lowest BCUT2D eigenvalue weighted by Crippen LogP contribution is -2.44. The van der Waals surface area contributed by atoms with Gasteiger partial charge in [0.2, 0.25) is 0 Å². The second-order valence-electron chi connectivity index (χ2n) is 21.4. The lowest BCUT2D eigenvalue weighted by molar-refractivity contribution is -0.173. The van der Waals surface area contributed by atoms with Gasteiger partial charge in [-0.15, -0.1) is 0 Å². The Kier molecular flexibility index (Phi) is 34.4. The maximum atomic E-state index is 14.1. The van der Waals surface area contributed by atoms with Gasteiger partial charge >= 0.3 is 41.9 Å². The summed E-state index contributed by atoms with van der Waals surface area (Å²) in [6.45, 7) is 7.89. The zero-order valence-corrected chi connectivity index (χ0v) is 47.1. The number of esters is 6. The third-order valence-electron chi connectivity index (χ3n) is 14.5. The van der Waals surface area contributed by atoms with Gasteiger partial charge in [-0.3, -0.25) is 28.8 Å². The van der Waals surface area contributed by atoms with Gasteiger partial charge in [0.1, 0.15) is 37.9 Å². The van der Waals surface area contributed by atoms with E-state index in [1.165, 1.54) is 12.8 Å². The zero-order chi connectivity index (χ0) is 56.0. The van der Waals surface area contributed by atoms with E-state index in [0.29, 0.717) is 45.2 Å². The predicted octanol–water partition coefficient (Wildman–Crippen LogP) is 11.6. The van der Waals surface area contributed by atoms with Crippen LogP contribution in [0.2, 0.25) is 0 Å². The second kappa shape index (κ2) is 39.7. The summed E-state index contributed by atoms with van der Waals surface area (Å²) < 4.78 is 67.7. The molecule has 0 aromatic rings. The summed E-state index contributed by atoms with van der Waals surface area (Å²) >= 11 is 0. The van der Waals surface area contributed by atoms with Gasteiger partial charge in [0.25, 0.3) is 5.92 Å². The highest BCUT2D eigenvalue weighted by atomic mass is 19.3. The topological polar surface area (TPSA) is 199 Å². The number of unbranched alkanes of at least 4 members (excludes halogenated alkanes) is 11. The van der Waals surface area contributed by atoms with E-state index in [0.717, 1.165) is 90.1 Å². The van der Waals surface area contributed by atoms with Gasteiger partial charge in [0.05, 0.1) is 19.1 Å². The Morgan fingerprint density at radius 1 is 0.545 bits per heavy atom. The molecule has 1 heterocycles. The number of ether oxygens (including phenoxy) is 7. The number of hydrogen-bond acceptors (Lipinski definition) is 15. The Bertz CT molecular complexity index is 1710. The highest BCUT2D eigenvalue weighted by molar-refractivity contribution is 5.74. The van der Waals surface area contributed by atoms with Gasteiger partial charge in [0.15, 0.2) is 0 Å². The average Bonchev–Trinajstić information content (AvgIpc) is 3.88. The number of hydrogen-bond donors (Lipinski definition) is 1. The first-order valence-corrected chi connectivity index (χ1v) is 29.5. The predicted molar refractivity (Wildman–Crippen MR) is 288 cm³/mol. The van der Waals surface area contributed by atoms with Gasteiger partial charge in [-0.1, -0.05) is 90.0 Å². The molecule has 1 saturated heterocycles. The minimum atomic E-state index is -2.82. The quantitative estimate of drug-likeness (QED) is 0.0261. The summed E-state index contributed by atoms with van der Waals surface area (Å²) in [5.41, 5.74) is -1.63. The Morgan fingerprint density at radius 2 is 0.987 bits per heavy atom. The molecule has 3 rings (SSSR count). The Morgan fingerprint density at radius 3 is 1.48 bits per heavy atom. The molecule has 18 heteroatoms. The van der Waals surface area contributed by atoms with E-state index in [1.54, 1.807) is 0 Å². The van der Waals surface area contributed by atoms with Crippen molar-refractivity contribution in [2.24, 2.45) is 23.2 Å². The third kappa shape index (κ3) is 29.8. The maximum absolute atomic E-state index is 14.1. The molecule has 0 spiro atoms. The number of carbonyl (C=O) groups is 7. The molecule has 3 fully saturated rings. The van der Waals surface area contributed by atoms with Crippen LogP contribution in [0, 0.1) is 23.2 Å². The van der Waals surface area contributed by atoms with Crippen LogP contribution in [0.1, 0.15) is 207 Å². The average molecular weight is 1100 g/mol. The van der Waals surface area contributed by atoms with Crippen LogP contribution < -0.4 is 5.32 Å². The molecular formula is C59H96F2N2O14. The van der Waals surface area contributed by atoms with Crippen LogP contribution in [0.4, 0.5) is 13.6 Å². The standard InChI is InChI=1S/C59H96F2N2O14/c1-4-7-10-13-15-17-26-39-71-51(64)29-20-22-31-53(66)73-43-58(46-76-56(69)47-41-49-50(42-47)59(49,60)61,44-74-54(67)32-23-21-30-52(65)72-40-27-18-16-14-11-8-5-2)45-75-55(68)34-33-48(28-19-12-9-6-3)77-57(70)62-35-38-63-36-24-25-37-63/h15-18,47-50H,4-14,19-46H2,1-3H3,(H,62,70)/b17-15-,18-16-. The summed E-state index contributed by atoms with van der Waals surface area (Å²) in [4.78, 5) is 93.4. The number of allylic oxidation sites excluding steroid dienone is 2. The molecule has 440 valence electrons. The van der Waals surface area contributed by atoms with Crippen molar-refractivity contribution >= 4 is 41.9 Å². The summed E-state index contributed by atoms with van der Waals surface area (Å²) in [5.74, 6) is -8.96. The van der Waals surface area contributed by atoms with Crippen molar-refractivity contribution in [1.82, 2.24) is 10.2 Å². The number of alkyl carbamates (subject to hydrolysis) is 1. The van der Waals surface area contributed by atoms with Gasteiger partial charge in [-0.2, -0.15) is 0 Å². The van der Waals surface area contributed by atoms with E-state index in [4.69, 9.17) is 33.2 Å². The summed E-state index contributed by atoms with van der Waals surface area (Å²) in [6.07, 6.45) is 24.8. The fraction of sp³-hybridized carbons (Fsp3) is 0.814. The van der Waals surface area contributed by atoms with E-state index in [1.807, 2.05) is 12.2 Å². The van der Waals surface area contributed by atoms with Crippen LogP contribution in [-0.2, 0) is 61.9 Å². The molecule has 2 aliphatic carbocycles. The summed E-state index contributed by atoms with van der Waals surface area (Å²) in [5, 5.41) is 2.82. The van der Waals surface area contributed by atoms with E-state index >= 15 is 0 Å². The van der Waals surface area contributed by atoms with Gasteiger partial charge in [0, 0.05) is 57.0 Å². The first kappa shape index (κ1) is 66.7. The molecule has 1 aliphatic heterocycles. The molecule has 0 aromatic heterocycles. The van der Waals surface area contributed by atoms with Crippen molar-refractivity contribution in [3.8, 4) is 0 Å². The second-order valence-corrected chi connectivity index (χ2v) is 21.4. The number of nitrogens with one attached hydrogen (secondary N) is 1. The number of fused-ring (bicyclic) bond motifs is 1. The first-order chi connectivity index (χ1) is 37.2. The highest BCUT2D eigenvalue weighted by Crippen LogP contribution is 2.65. The van der Waals surface area contributed by atoms with Crippen molar-refractivity contribution in [3.05, 3.63) is 24.3 Å². The normalized spacial score (nSPS) is 18.2. The number of alkyl halides is 2. The number of halogens is 2. The van der Waals surface area contributed by atoms with Crippen LogP contribution in [0.3, 0.4) is 0 Å². The van der Waals surface area contributed by atoms with E-state index in [-0.39, 0.29) is 89.4 Å². The number of likely N-dealkylation sites (tertiary alicyclic amines) is 1. The van der Waals surface area contributed by atoms with Gasteiger partial charge < -0.3 is 43.4 Å². The van der Waals surface area contributed by atoms with E-state index in [9.17, 15) is 42.3 Å². The van der Waals surface area contributed by atoms with Gasteiger partial charge in [-0.25, -0.2) is 13.6 Å². The lowest BCUT2D eigenvalue weighted by atomic mass is 9.91. The molecule has 3 atom stereocenters. The molecule has 77 heavy (non-hydrogen) atoms. The van der Waals surface area contributed by atoms with Crippen LogP contribution >= 0.6 is 0 Å². The molecule has 2 saturated carbocycles. The van der Waals surface area contributed by atoms with E-state index < -0.39 is 91.6 Å². The smallest absolute Gasteiger partial charge is 0.407 e. The molecular weight excluding hydrogens is 999 g/mol. The number of rotatable bonds is 45. The third-order valence-corrected chi connectivity index (χ3v) is 14.5. The van der Waals surface area contributed by atoms with Crippen molar-refractivity contribution in [1.29, 1.82) is 0 Å². The van der Waals surface area contributed by atoms with Crippen molar-refractivity contribution < 1.29 is 75.5 Å². The number of nitrogens with zero attached hydrogens (tertiary/aromatic N) is 1. The fourth-order valence-corrected chi connectivity index (χ4v) is 9.57. The van der Waals surface area contributed by atoms with Crippen LogP contribution in [0.5, 0.6) is 0 Å². The van der Waals surface area contributed by atoms with Gasteiger partial charge in [-0.05, 0) is 122 Å². The number of carbonyl (C=O) groups excluding carboxylic acids is 7. The molecule has 3 aliphatic rings. The molecule has 1 N–H and O–H groups in total. The Balaban J connectivity index is 1.66. The Hall–Kier alpha value is -4.61. The fourth-order valence-electron chi connectivity index (χ4n) is 9.57. The minimum Gasteiger partial charge on any atom is -0.465 e. The molecule has 1 amide bonds. The minimum absolute atomic E-state index is 0.0476. The molecule has 16 nitrogen and oxygen atoms in total. The Labute approximate surface area is 458 Å². The summed E-state index contributed by atoms with van der Waals surface area (Å²) in [6, 6.07) is 0. The molecule has 3 unspecified atom stereocenters. The maximum Gasteiger partial charge on any atom is 0.407 e. The lowest BCUT2D eigenvalue weighted by Gasteiger charge is -2.32. The molecule has 0 radical (unpaired) electrons. The SMILES string of the molecule is CCCCC/C=C\CCOC(=O)CCCCC(=O)OCC(COC(=O)CCCCC(=O)OCC/C=C\CCCCC)(COC(=O)CCC(CCCCCC)OC(=O)NCCN1CCCC1)COC(=O)C1CC2C(C1)C2(F)F. The van der Waals surface area contributed by atoms with Crippen molar-refractivity contribution in [3.63, 3.8) is 0 Å². The monoisotopic (exact) mass is 1090 g/mol. The van der Waals surface area contributed by atoms with Crippen LogP contribution in [0.25, 0.3) is 0 Å². The van der Waals surface area contributed by atoms with Crippen LogP contribution in [-0.4, -0.2) is 125 Å². The van der Waals surface area contributed by atoms with Crippen molar-refractivity contribution in [2.45, 2.75) is 219 Å².